The van der Waals surface area contributed by atoms with Gasteiger partial charge in [-0.2, -0.15) is 0 Å². The molecule has 1 rings (SSSR count). The van der Waals surface area contributed by atoms with E-state index >= 15 is 0 Å². The zero-order valence-electron chi connectivity index (χ0n) is 11.3. The maximum absolute atomic E-state index is 12.0. The van der Waals surface area contributed by atoms with E-state index in [4.69, 9.17) is 4.74 Å². The summed E-state index contributed by atoms with van der Waals surface area (Å²) in [5.74, 6) is 0.933. The minimum absolute atomic E-state index is 0.0945. The monoisotopic (exact) mass is 270 g/mol. The Morgan fingerprint density at radius 2 is 1.72 bits per heavy atom. The molecule has 0 saturated carbocycles. The number of ether oxygens (including phenoxy) is 1. The summed E-state index contributed by atoms with van der Waals surface area (Å²) in [6.07, 6.45) is 2.80. The number of unbranched alkanes of at least 4 members (excludes halogenated alkanes) is 2. The number of hydrogen-bond donors (Lipinski definition) is 0. The summed E-state index contributed by atoms with van der Waals surface area (Å²) in [6.45, 7) is 5.94. The molecule has 0 aliphatic carbocycles. The van der Waals surface area contributed by atoms with Gasteiger partial charge in [-0.15, -0.1) is 0 Å². The smallest absolute Gasteiger partial charge is 0.178 e. The van der Waals surface area contributed by atoms with Crippen LogP contribution in [0.2, 0.25) is 0 Å². The quantitative estimate of drug-likeness (QED) is 0.713. The Morgan fingerprint density at radius 3 is 2.22 bits per heavy atom. The second-order valence-electron chi connectivity index (χ2n) is 4.66. The van der Waals surface area contributed by atoms with Crippen molar-refractivity contribution >= 4 is 9.84 Å². The van der Waals surface area contributed by atoms with Gasteiger partial charge in [-0.05, 0) is 44.5 Å². The SMILES string of the molecule is CCCCCS(=O)(=O)c1ccc(OC(C)C)cc1. The van der Waals surface area contributed by atoms with Gasteiger partial charge in [0.05, 0.1) is 16.8 Å². The Hall–Kier alpha value is -1.03. The fourth-order valence-corrected chi connectivity index (χ4v) is 3.03. The Morgan fingerprint density at radius 1 is 1.11 bits per heavy atom. The van der Waals surface area contributed by atoms with E-state index in [1.54, 1.807) is 24.3 Å². The van der Waals surface area contributed by atoms with Gasteiger partial charge in [-0.25, -0.2) is 8.42 Å². The lowest BCUT2D eigenvalue weighted by Gasteiger charge is -2.10. The highest BCUT2D eigenvalue weighted by Crippen LogP contribution is 2.19. The first-order valence-electron chi connectivity index (χ1n) is 6.45. The van der Waals surface area contributed by atoms with Crippen molar-refractivity contribution in [1.82, 2.24) is 0 Å². The molecule has 0 bridgehead atoms. The van der Waals surface area contributed by atoms with Crippen molar-refractivity contribution in [3.8, 4) is 5.75 Å². The largest absolute Gasteiger partial charge is 0.491 e. The van der Waals surface area contributed by atoms with Gasteiger partial charge in [-0.3, -0.25) is 0 Å². The van der Waals surface area contributed by atoms with Gasteiger partial charge in [0.2, 0.25) is 0 Å². The normalized spacial score (nSPS) is 11.8. The van der Waals surface area contributed by atoms with Crippen LogP contribution in [0.5, 0.6) is 5.75 Å². The maximum atomic E-state index is 12.0. The highest BCUT2D eigenvalue weighted by molar-refractivity contribution is 7.91. The van der Waals surface area contributed by atoms with E-state index in [0.717, 1.165) is 19.3 Å². The molecule has 0 spiro atoms. The highest BCUT2D eigenvalue weighted by atomic mass is 32.2. The van der Waals surface area contributed by atoms with Crippen molar-refractivity contribution in [1.29, 1.82) is 0 Å². The highest BCUT2D eigenvalue weighted by Gasteiger charge is 2.13. The zero-order chi connectivity index (χ0) is 13.6. The molecule has 0 saturated heterocycles. The Bertz CT molecular complexity index is 446. The molecule has 1 aromatic rings. The van der Waals surface area contributed by atoms with E-state index in [-0.39, 0.29) is 11.9 Å². The van der Waals surface area contributed by atoms with Crippen LogP contribution < -0.4 is 4.74 Å². The molecule has 0 unspecified atom stereocenters. The minimum atomic E-state index is -3.13. The second kappa shape index (κ2) is 6.78. The number of rotatable bonds is 7. The van der Waals surface area contributed by atoms with Crippen molar-refractivity contribution < 1.29 is 13.2 Å². The number of sulfone groups is 1. The topological polar surface area (TPSA) is 43.4 Å². The summed E-state index contributed by atoms with van der Waals surface area (Å²) in [5.41, 5.74) is 0. The van der Waals surface area contributed by atoms with Gasteiger partial charge in [0.1, 0.15) is 5.75 Å². The molecule has 18 heavy (non-hydrogen) atoms. The first kappa shape index (κ1) is 15.0. The van der Waals surface area contributed by atoms with Crippen molar-refractivity contribution in [2.45, 2.75) is 51.0 Å². The Labute approximate surface area is 110 Å². The van der Waals surface area contributed by atoms with Crippen LogP contribution >= 0.6 is 0 Å². The molecule has 0 aliphatic rings. The van der Waals surface area contributed by atoms with E-state index < -0.39 is 9.84 Å². The third kappa shape index (κ3) is 4.69. The lowest BCUT2D eigenvalue weighted by atomic mass is 10.3. The molecule has 0 atom stereocenters. The van der Waals surface area contributed by atoms with Gasteiger partial charge in [0.25, 0.3) is 0 Å². The molecule has 1 aromatic carbocycles. The first-order chi connectivity index (χ1) is 8.45. The van der Waals surface area contributed by atoms with Gasteiger partial charge in [0.15, 0.2) is 9.84 Å². The van der Waals surface area contributed by atoms with E-state index in [1.807, 2.05) is 13.8 Å². The zero-order valence-corrected chi connectivity index (χ0v) is 12.2. The van der Waals surface area contributed by atoms with E-state index in [2.05, 4.69) is 6.92 Å². The summed E-state index contributed by atoms with van der Waals surface area (Å²) < 4.78 is 29.5. The van der Waals surface area contributed by atoms with Crippen LogP contribution in [0.1, 0.15) is 40.0 Å². The fourth-order valence-electron chi connectivity index (χ4n) is 1.66. The first-order valence-corrected chi connectivity index (χ1v) is 8.10. The predicted octanol–water partition coefficient (Wildman–Crippen LogP) is 3.44. The van der Waals surface area contributed by atoms with Gasteiger partial charge in [-0.1, -0.05) is 19.8 Å². The average Bonchev–Trinajstić information content (AvgIpc) is 2.29. The molecule has 0 heterocycles. The molecule has 0 radical (unpaired) electrons. The molecule has 4 heteroatoms. The Balaban J connectivity index is 2.71. The van der Waals surface area contributed by atoms with E-state index in [0.29, 0.717) is 10.6 Å². The third-order valence-corrected chi connectivity index (χ3v) is 4.39. The average molecular weight is 270 g/mol. The lowest BCUT2D eigenvalue weighted by Crippen LogP contribution is -2.08. The minimum Gasteiger partial charge on any atom is -0.491 e. The molecule has 0 N–H and O–H groups in total. The molecular weight excluding hydrogens is 248 g/mol. The standard InChI is InChI=1S/C14H22O3S/c1-4-5-6-11-18(15,16)14-9-7-13(8-10-14)17-12(2)3/h7-10,12H,4-6,11H2,1-3H3. The number of hydrogen-bond acceptors (Lipinski definition) is 3. The van der Waals surface area contributed by atoms with E-state index in [9.17, 15) is 8.42 Å². The molecular formula is C14H22O3S. The Kier molecular flexibility index (Phi) is 5.66. The fraction of sp³-hybridized carbons (Fsp3) is 0.571. The van der Waals surface area contributed by atoms with Crippen LogP contribution in [-0.4, -0.2) is 20.3 Å². The van der Waals surface area contributed by atoms with Gasteiger partial charge < -0.3 is 4.74 Å². The van der Waals surface area contributed by atoms with Crippen LogP contribution in [0.25, 0.3) is 0 Å². The van der Waals surface area contributed by atoms with Crippen LogP contribution in [0.3, 0.4) is 0 Å². The van der Waals surface area contributed by atoms with Crippen LogP contribution in [-0.2, 0) is 9.84 Å². The van der Waals surface area contributed by atoms with Crippen LogP contribution in [0, 0.1) is 0 Å². The number of benzene rings is 1. The summed E-state index contributed by atoms with van der Waals surface area (Å²) in [7, 11) is -3.13. The van der Waals surface area contributed by atoms with Crippen molar-refractivity contribution in [2.75, 3.05) is 5.75 Å². The molecule has 0 fully saturated rings. The maximum Gasteiger partial charge on any atom is 0.178 e. The second-order valence-corrected chi connectivity index (χ2v) is 6.77. The summed E-state index contributed by atoms with van der Waals surface area (Å²) in [5, 5.41) is 0. The van der Waals surface area contributed by atoms with Crippen molar-refractivity contribution in [3.05, 3.63) is 24.3 Å². The van der Waals surface area contributed by atoms with Crippen molar-refractivity contribution in [2.24, 2.45) is 0 Å². The van der Waals surface area contributed by atoms with Crippen molar-refractivity contribution in [3.63, 3.8) is 0 Å². The summed E-state index contributed by atoms with van der Waals surface area (Å²) in [4.78, 5) is 0.384. The molecule has 0 aliphatic heterocycles. The van der Waals surface area contributed by atoms with Crippen LogP contribution in [0.15, 0.2) is 29.2 Å². The molecule has 0 amide bonds. The van der Waals surface area contributed by atoms with Crippen LogP contribution in [0.4, 0.5) is 0 Å². The summed E-state index contributed by atoms with van der Waals surface area (Å²) >= 11 is 0. The summed E-state index contributed by atoms with van der Waals surface area (Å²) in [6, 6.07) is 6.68. The predicted molar refractivity (Wildman–Crippen MR) is 73.8 cm³/mol. The van der Waals surface area contributed by atoms with E-state index in [1.165, 1.54) is 0 Å². The molecule has 102 valence electrons. The molecule has 0 aromatic heterocycles. The van der Waals surface area contributed by atoms with Gasteiger partial charge >= 0.3 is 0 Å². The third-order valence-electron chi connectivity index (χ3n) is 2.57. The lowest BCUT2D eigenvalue weighted by molar-refractivity contribution is 0.242. The van der Waals surface area contributed by atoms with Gasteiger partial charge in [0, 0.05) is 0 Å². The molecule has 3 nitrogen and oxygen atoms in total.